The van der Waals surface area contributed by atoms with Crippen LogP contribution < -0.4 is 15.8 Å². The van der Waals surface area contributed by atoms with Crippen molar-refractivity contribution < 1.29 is 9.15 Å². The highest BCUT2D eigenvalue weighted by Crippen LogP contribution is 2.30. The number of fused-ring (bicyclic) bond motifs is 3. The molecule has 2 aliphatic heterocycles. The van der Waals surface area contributed by atoms with E-state index in [1.165, 1.54) is 17.4 Å². The summed E-state index contributed by atoms with van der Waals surface area (Å²) in [5.74, 6) is 0.454. The molecule has 2 aromatic rings. The van der Waals surface area contributed by atoms with Crippen molar-refractivity contribution in [2.45, 2.75) is 43.9 Å². The zero-order valence-electron chi connectivity index (χ0n) is 11.5. The molecule has 20 heavy (non-hydrogen) atoms. The molecular formula is C15H18N2O3. The molecule has 4 rings (SSSR count). The number of hydrogen-bond donors (Lipinski definition) is 1. The average molecular weight is 274 g/mol. The normalized spacial score (nSPS) is 28.9. The maximum absolute atomic E-state index is 11.5. The molecule has 5 nitrogen and oxygen atoms in total. The van der Waals surface area contributed by atoms with Crippen LogP contribution in [-0.2, 0) is 7.05 Å². The molecule has 0 saturated carbocycles. The number of ether oxygens (including phenoxy) is 1. The Morgan fingerprint density at radius 1 is 1.30 bits per heavy atom. The van der Waals surface area contributed by atoms with Crippen molar-refractivity contribution in [2.24, 2.45) is 7.05 Å². The van der Waals surface area contributed by atoms with E-state index < -0.39 is 0 Å². The number of rotatable bonds is 2. The van der Waals surface area contributed by atoms with Gasteiger partial charge in [0.2, 0.25) is 0 Å². The summed E-state index contributed by atoms with van der Waals surface area (Å²) in [5, 5.41) is 3.60. The minimum absolute atomic E-state index is 0.265. The number of oxazole rings is 1. The van der Waals surface area contributed by atoms with Gasteiger partial charge < -0.3 is 14.5 Å². The molecule has 2 aliphatic rings. The summed E-state index contributed by atoms with van der Waals surface area (Å²) in [6.07, 6.45) is 4.91. The Bertz CT molecular complexity index is 691. The van der Waals surface area contributed by atoms with Gasteiger partial charge in [-0.05, 0) is 37.8 Å². The first-order valence-electron chi connectivity index (χ1n) is 7.21. The second-order valence-electron chi connectivity index (χ2n) is 5.91. The van der Waals surface area contributed by atoms with Gasteiger partial charge in [-0.1, -0.05) is 0 Å². The lowest BCUT2D eigenvalue weighted by Crippen LogP contribution is -2.42. The van der Waals surface area contributed by atoms with Crippen LogP contribution in [0.4, 0.5) is 0 Å². The summed E-state index contributed by atoms with van der Waals surface area (Å²) >= 11 is 0. The van der Waals surface area contributed by atoms with Gasteiger partial charge >= 0.3 is 5.76 Å². The lowest BCUT2D eigenvalue weighted by Gasteiger charge is -2.29. The highest BCUT2D eigenvalue weighted by molar-refractivity contribution is 5.74. The van der Waals surface area contributed by atoms with Crippen LogP contribution in [0.15, 0.2) is 27.4 Å². The van der Waals surface area contributed by atoms with Crippen LogP contribution in [-0.4, -0.2) is 22.8 Å². The van der Waals surface area contributed by atoms with Crippen molar-refractivity contribution in [3.63, 3.8) is 0 Å². The summed E-state index contributed by atoms with van der Waals surface area (Å²) in [7, 11) is 1.71. The second-order valence-corrected chi connectivity index (χ2v) is 5.91. The molecule has 2 bridgehead atoms. The van der Waals surface area contributed by atoms with E-state index in [0.717, 1.165) is 24.1 Å². The van der Waals surface area contributed by atoms with Crippen LogP contribution in [0, 0.1) is 0 Å². The van der Waals surface area contributed by atoms with E-state index >= 15 is 0 Å². The molecule has 0 aliphatic carbocycles. The molecule has 3 heterocycles. The molecule has 0 amide bonds. The van der Waals surface area contributed by atoms with E-state index in [0.29, 0.717) is 17.7 Å². The zero-order chi connectivity index (χ0) is 13.7. The fourth-order valence-electron chi connectivity index (χ4n) is 3.48. The number of benzene rings is 1. The predicted octanol–water partition coefficient (Wildman–Crippen LogP) is 1.79. The fraction of sp³-hybridized carbons (Fsp3) is 0.533. The van der Waals surface area contributed by atoms with E-state index in [1.54, 1.807) is 7.05 Å². The molecule has 1 N–H and O–H groups in total. The first-order valence-corrected chi connectivity index (χ1v) is 7.21. The van der Waals surface area contributed by atoms with Gasteiger partial charge in [0.15, 0.2) is 5.58 Å². The summed E-state index contributed by atoms with van der Waals surface area (Å²) in [6, 6.07) is 6.84. The molecule has 0 radical (unpaired) electrons. The van der Waals surface area contributed by atoms with Crippen molar-refractivity contribution in [1.29, 1.82) is 0 Å². The Morgan fingerprint density at radius 3 is 2.80 bits per heavy atom. The van der Waals surface area contributed by atoms with E-state index in [-0.39, 0.29) is 11.9 Å². The van der Waals surface area contributed by atoms with Crippen molar-refractivity contribution >= 4 is 11.1 Å². The molecule has 0 spiro atoms. The Labute approximate surface area is 116 Å². The van der Waals surface area contributed by atoms with Gasteiger partial charge in [-0.25, -0.2) is 4.79 Å². The quantitative estimate of drug-likeness (QED) is 0.907. The monoisotopic (exact) mass is 274 g/mol. The third-order valence-corrected chi connectivity index (χ3v) is 4.50. The Kier molecular flexibility index (Phi) is 2.63. The largest absolute Gasteiger partial charge is 0.490 e. The van der Waals surface area contributed by atoms with Crippen molar-refractivity contribution in [3.05, 3.63) is 28.7 Å². The highest BCUT2D eigenvalue weighted by atomic mass is 16.5. The maximum Gasteiger partial charge on any atom is 0.419 e. The van der Waals surface area contributed by atoms with Crippen molar-refractivity contribution in [1.82, 2.24) is 9.88 Å². The third kappa shape index (κ3) is 1.93. The molecule has 1 aromatic carbocycles. The molecule has 3 atom stereocenters. The van der Waals surface area contributed by atoms with Crippen LogP contribution in [0.5, 0.6) is 5.75 Å². The van der Waals surface area contributed by atoms with E-state index in [1.807, 2.05) is 18.2 Å². The topological polar surface area (TPSA) is 56.4 Å². The maximum atomic E-state index is 11.5. The van der Waals surface area contributed by atoms with Crippen LogP contribution in [0.25, 0.3) is 11.1 Å². The zero-order valence-corrected chi connectivity index (χ0v) is 11.5. The lowest BCUT2D eigenvalue weighted by atomic mass is 10.0. The Morgan fingerprint density at radius 2 is 2.05 bits per heavy atom. The van der Waals surface area contributed by atoms with Crippen LogP contribution in [0.2, 0.25) is 0 Å². The summed E-state index contributed by atoms with van der Waals surface area (Å²) < 4.78 is 12.8. The number of aryl methyl sites for hydroxylation is 1. The number of nitrogens with zero attached hydrogens (tertiary/aromatic N) is 1. The first kappa shape index (κ1) is 12.0. The minimum Gasteiger partial charge on any atom is -0.490 e. The molecule has 106 valence electrons. The molecule has 1 unspecified atom stereocenters. The lowest BCUT2D eigenvalue weighted by molar-refractivity contribution is 0.137. The summed E-state index contributed by atoms with van der Waals surface area (Å²) in [5.41, 5.74) is 1.39. The van der Waals surface area contributed by atoms with Gasteiger partial charge in [-0.2, -0.15) is 0 Å². The average Bonchev–Trinajstić information content (AvgIpc) is 2.90. The smallest absolute Gasteiger partial charge is 0.419 e. The first-order chi connectivity index (χ1) is 9.69. The summed E-state index contributed by atoms with van der Waals surface area (Å²) in [6.45, 7) is 0. The fourth-order valence-corrected chi connectivity index (χ4v) is 3.48. The van der Waals surface area contributed by atoms with Crippen molar-refractivity contribution in [3.8, 4) is 5.75 Å². The number of nitrogens with one attached hydrogen (secondary N) is 1. The van der Waals surface area contributed by atoms with Crippen molar-refractivity contribution in [2.75, 3.05) is 0 Å². The highest BCUT2D eigenvalue weighted by Gasteiger charge is 2.34. The molecular weight excluding hydrogens is 256 g/mol. The van der Waals surface area contributed by atoms with Gasteiger partial charge in [-0.15, -0.1) is 0 Å². The van der Waals surface area contributed by atoms with Crippen LogP contribution >= 0.6 is 0 Å². The number of piperidine rings is 1. The number of aromatic nitrogens is 1. The molecule has 2 saturated heterocycles. The molecule has 2 fully saturated rings. The number of hydrogen-bond acceptors (Lipinski definition) is 4. The van der Waals surface area contributed by atoms with E-state index in [4.69, 9.17) is 9.15 Å². The predicted molar refractivity (Wildman–Crippen MR) is 75.1 cm³/mol. The van der Waals surface area contributed by atoms with Gasteiger partial charge in [0.1, 0.15) is 11.9 Å². The SMILES string of the molecule is Cn1c(=O)oc2cc(OC3C[C@H]4CC[C@@H](C3)N4)ccc21. The minimum atomic E-state index is -0.336. The Balaban J connectivity index is 1.58. The third-order valence-electron chi connectivity index (χ3n) is 4.50. The van der Waals surface area contributed by atoms with Gasteiger partial charge in [0.25, 0.3) is 0 Å². The van der Waals surface area contributed by atoms with Crippen LogP contribution in [0.3, 0.4) is 0 Å². The van der Waals surface area contributed by atoms with Gasteiger partial charge in [0, 0.05) is 25.2 Å². The van der Waals surface area contributed by atoms with Crippen LogP contribution in [0.1, 0.15) is 25.7 Å². The Hall–Kier alpha value is -1.75. The molecule has 5 heteroatoms. The van der Waals surface area contributed by atoms with Gasteiger partial charge in [-0.3, -0.25) is 4.57 Å². The molecule has 1 aromatic heterocycles. The standard InChI is InChI=1S/C15H18N2O3/c1-17-13-5-4-11(8-14(13)20-15(17)18)19-12-6-9-2-3-10(7-12)16-9/h4-5,8-10,12,16H,2-3,6-7H2,1H3/t9-,10+,12?. The summed E-state index contributed by atoms with van der Waals surface area (Å²) in [4.78, 5) is 11.5. The van der Waals surface area contributed by atoms with E-state index in [2.05, 4.69) is 5.32 Å². The van der Waals surface area contributed by atoms with E-state index in [9.17, 15) is 4.79 Å². The van der Waals surface area contributed by atoms with Gasteiger partial charge in [0.05, 0.1) is 5.52 Å². The second kappa shape index (κ2) is 4.38.